The first-order valence-corrected chi connectivity index (χ1v) is 12.9. The summed E-state index contributed by atoms with van der Waals surface area (Å²) in [5, 5.41) is 15.2. The number of hydrogen-bond donors (Lipinski definition) is 2. The standard InChI is InChI=1S/C26H28ClN5O4S/c1-5-13-32-23(17(4)28-24(34)18-9-11-20(27)12-10-18)30-31-26(32)37-15-22(33)29-21-8-6-7-19(14-21)25(35)36-16(2)3/h5-12,14,16-17H,1,13,15H2,2-4H3,(H,28,34)(H,29,33)/t17-/m1/s1. The van der Waals surface area contributed by atoms with Crippen LogP contribution in [0.3, 0.4) is 0 Å². The van der Waals surface area contributed by atoms with Gasteiger partial charge in [-0.15, -0.1) is 16.8 Å². The topological polar surface area (TPSA) is 115 Å². The van der Waals surface area contributed by atoms with Gasteiger partial charge in [0.05, 0.1) is 23.5 Å². The molecule has 1 aromatic heterocycles. The molecule has 0 spiro atoms. The van der Waals surface area contributed by atoms with Gasteiger partial charge in [0.15, 0.2) is 11.0 Å². The van der Waals surface area contributed by atoms with Crippen LogP contribution < -0.4 is 10.6 Å². The van der Waals surface area contributed by atoms with Gasteiger partial charge in [-0.3, -0.25) is 9.59 Å². The first-order valence-electron chi connectivity index (χ1n) is 11.5. The number of hydrogen-bond acceptors (Lipinski definition) is 7. The highest BCUT2D eigenvalue weighted by Crippen LogP contribution is 2.22. The third-order valence-corrected chi connectivity index (χ3v) is 6.17. The zero-order valence-electron chi connectivity index (χ0n) is 20.7. The summed E-state index contributed by atoms with van der Waals surface area (Å²) in [5.41, 5.74) is 1.30. The number of rotatable bonds is 11. The molecule has 0 saturated carbocycles. The predicted molar refractivity (Wildman–Crippen MR) is 144 cm³/mol. The number of benzene rings is 2. The van der Waals surface area contributed by atoms with Crippen molar-refractivity contribution >= 4 is 46.8 Å². The van der Waals surface area contributed by atoms with Gasteiger partial charge in [0.25, 0.3) is 5.91 Å². The van der Waals surface area contributed by atoms with E-state index in [2.05, 4.69) is 27.4 Å². The Bertz CT molecular complexity index is 1280. The molecule has 2 N–H and O–H groups in total. The maximum Gasteiger partial charge on any atom is 0.338 e. The molecule has 0 aliphatic carbocycles. The fourth-order valence-corrected chi connectivity index (χ4v) is 4.19. The van der Waals surface area contributed by atoms with Gasteiger partial charge >= 0.3 is 5.97 Å². The summed E-state index contributed by atoms with van der Waals surface area (Å²) in [6.07, 6.45) is 1.44. The smallest absolute Gasteiger partial charge is 0.338 e. The maximum atomic E-state index is 12.6. The molecule has 0 saturated heterocycles. The van der Waals surface area contributed by atoms with Gasteiger partial charge in [-0.1, -0.05) is 35.5 Å². The van der Waals surface area contributed by atoms with Crippen LogP contribution >= 0.6 is 23.4 Å². The van der Waals surface area contributed by atoms with Gasteiger partial charge in [0, 0.05) is 22.8 Å². The van der Waals surface area contributed by atoms with E-state index in [4.69, 9.17) is 16.3 Å². The number of halogens is 1. The van der Waals surface area contributed by atoms with Crippen molar-refractivity contribution in [2.75, 3.05) is 11.1 Å². The van der Waals surface area contributed by atoms with Gasteiger partial charge < -0.3 is 19.9 Å². The summed E-state index contributed by atoms with van der Waals surface area (Å²) >= 11 is 7.10. The lowest BCUT2D eigenvalue weighted by atomic mass is 10.2. The Hall–Kier alpha value is -3.63. The SMILES string of the molecule is C=CCn1c(SCC(=O)Nc2cccc(C(=O)OC(C)C)c2)nnc1[C@@H](C)NC(=O)c1ccc(Cl)cc1. The average Bonchev–Trinajstić information content (AvgIpc) is 3.25. The number of anilines is 1. The molecule has 0 bridgehead atoms. The van der Waals surface area contributed by atoms with E-state index in [0.717, 1.165) is 0 Å². The average molecular weight is 542 g/mol. The zero-order valence-corrected chi connectivity index (χ0v) is 22.3. The number of carbonyl (C=O) groups excluding carboxylic acids is 3. The Balaban J connectivity index is 1.63. The first-order chi connectivity index (χ1) is 17.7. The summed E-state index contributed by atoms with van der Waals surface area (Å²) in [6, 6.07) is 12.7. The van der Waals surface area contributed by atoms with Crippen LogP contribution in [0.15, 0.2) is 66.3 Å². The largest absolute Gasteiger partial charge is 0.459 e. The van der Waals surface area contributed by atoms with Crippen molar-refractivity contribution in [2.24, 2.45) is 0 Å². The Morgan fingerprint density at radius 1 is 1.11 bits per heavy atom. The molecular weight excluding hydrogens is 514 g/mol. The first kappa shape index (κ1) is 27.9. The second-order valence-electron chi connectivity index (χ2n) is 8.31. The summed E-state index contributed by atoms with van der Waals surface area (Å²) in [4.78, 5) is 37.3. The molecule has 3 aromatic rings. The molecule has 2 aromatic carbocycles. The highest BCUT2D eigenvalue weighted by Gasteiger charge is 2.20. The van der Waals surface area contributed by atoms with Crippen LogP contribution in [0.4, 0.5) is 5.69 Å². The van der Waals surface area contributed by atoms with Crippen LogP contribution in [-0.4, -0.2) is 44.4 Å². The summed E-state index contributed by atoms with van der Waals surface area (Å²) in [5.74, 6) is -0.422. The molecule has 0 fully saturated rings. The minimum atomic E-state index is -0.456. The van der Waals surface area contributed by atoms with Crippen molar-refractivity contribution < 1.29 is 19.1 Å². The van der Waals surface area contributed by atoms with Crippen LogP contribution in [0, 0.1) is 0 Å². The molecule has 11 heteroatoms. The number of aromatic nitrogens is 3. The van der Waals surface area contributed by atoms with Crippen LogP contribution in [0.2, 0.25) is 5.02 Å². The number of amides is 2. The number of allylic oxidation sites excluding steroid dienone is 1. The Kier molecular flexibility index (Phi) is 9.87. The monoisotopic (exact) mass is 541 g/mol. The van der Waals surface area contributed by atoms with E-state index in [0.29, 0.717) is 39.4 Å². The van der Waals surface area contributed by atoms with Crippen molar-refractivity contribution in [3.8, 4) is 0 Å². The molecule has 9 nitrogen and oxygen atoms in total. The minimum absolute atomic E-state index is 0.0570. The van der Waals surface area contributed by atoms with Crippen molar-refractivity contribution in [1.82, 2.24) is 20.1 Å². The molecule has 194 valence electrons. The number of thioether (sulfide) groups is 1. The summed E-state index contributed by atoms with van der Waals surface area (Å²) < 4.78 is 6.99. The fourth-order valence-electron chi connectivity index (χ4n) is 3.31. The molecule has 0 unspecified atom stereocenters. The second kappa shape index (κ2) is 13.1. The van der Waals surface area contributed by atoms with Crippen LogP contribution in [-0.2, 0) is 16.1 Å². The number of carbonyl (C=O) groups is 3. The third-order valence-electron chi connectivity index (χ3n) is 4.96. The van der Waals surface area contributed by atoms with Gasteiger partial charge in [-0.05, 0) is 63.2 Å². The Morgan fingerprint density at radius 2 is 1.84 bits per heavy atom. The molecule has 2 amide bonds. The van der Waals surface area contributed by atoms with Crippen LogP contribution in [0.25, 0.3) is 0 Å². The Morgan fingerprint density at radius 3 is 2.51 bits per heavy atom. The van der Waals surface area contributed by atoms with Crippen molar-refractivity contribution in [3.05, 3.63) is 83.2 Å². The van der Waals surface area contributed by atoms with Crippen molar-refractivity contribution in [1.29, 1.82) is 0 Å². The molecule has 0 aliphatic rings. The highest BCUT2D eigenvalue weighted by atomic mass is 35.5. The summed E-state index contributed by atoms with van der Waals surface area (Å²) in [7, 11) is 0. The minimum Gasteiger partial charge on any atom is -0.459 e. The van der Waals surface area contributed by atoms with Gasteiger partial charge in [-0.25, -0.2) is 4.79 Å². The lowest BCUT2D eigenvalue weighted by Gasteiger charge is -2.15. The van der Waals surface area contributed by atoms with Crippen molar-refractivity contribution in [3.63, 3.8) is 0 Å². The number of nitrogens with zero attached hydrogens (tertiary/aromatic N) is 3. The maximum absolute atomic E-state index is 12.6. The number of nitrogens with one attached hydrogen (secondary N) is 2. The van der Waals surface area contributed by atoms with Crippen molar-refractivity contribution in [2.45, 2.75) is 44.6 Å². The van der Waals surface area contributed by atoms with E-state index >= 15 is 0 Å². The second-order valence-corrected chi connectivity index (χ2v) is 9.69. The molecule has 1 heterocycles. The zero-order chi connectivity index (χ0) is 26.9. The number of esters is 1. The highest BCUT2D eigenvalue weighted by molar-refractivity contribution is 7.99. The van der Waals surface area contributed by atoms with Crippen LogP contribution in [0.1, 0.15) is 53.4 Å². The number of ether oxygens (including phenoxy) is 1. The molecule has 1 atom stereocenters. The molecule has 37 heavy (non-hydrogen) atoms. The van der Waals surface area contributed by atoms with E-state index in [9.17, 15) is 14.4 Å². The lowest BCUT2D eigenvalue weighted by molar-refractivity contribution is -0.113. The van der Waals surface area contributed by atoms with E-state index in [1.54, 1.807) is 79.9 Å². The summed E-state index contributed by atoms with van der Waals surface area (Å²) in [6.45, 7) is 9.52. The quantitative estimate of drug-likeness (QED) is 0.201. The van der Waals surface area contributed by atoms with E-state index in [1.807, 2.05) is 0 Å². The normalized spacial score (nSPS) is 11.6. The lowest BCUT2D eigenvalue weighted by Crippen LogP contribution is -2.28. The molecule has 3 rings (SSSR count). The van der Waals surface area contributed by atoms with Gasteiger partial charge in [0.2, 0.25) is 5.91 Å². The fraction of sp³-hybridized carbons (Fsp3) is 0.269. The molecule has 0 aliphatic heterocycles. The Labute approximate surface area is 224 Å². The van der Waals surface area contributed by atoms with E-state index in [-0.39, 0.29) is 23.7 Å². The third kappa shape index (κ3) is 7.93. The molecular formula is C26H28ClN5O4S. The predicted octanol–water partition coefficient (Wildman–Crippen LogP) is 4.90. The van der Waals surface area contributed by atoms with Crippen LogP contribution in [0.5, 0.6) is 0 Å². The van der Waals surface area contributed by atoms with E-state index in [1.165, 1.54) is 11.8 Å². The van der Waals surface area contributed by atoms with E-state index < -0.39 is 12.0 Å². The van der Waals surface area contributed by atoms with Gasteiger partial charge in [-0.2, -0.15) is 0 Å². The van der Waals surface area contributed by atoms with Gasteiger partial charge in [0.1, 0.15) is 0 Å². The molecule has 0 radical (unpaired) electrons.